The van der Waals surface area contributed by atoms with Gasteiger partial charge < -0.3 is 128 Å². The van der Waals surface area contributed by atoms with Crippen LogP contribution in [-0.4, -0.2) is 287 Å². The summed E-state index contributed by atoms with van der Waals surface area (Å²) in [5.41, 5.74) is 0.472. The van der Waals surface area contributed by atoms with Crippen molar-refractivity contribution in [2.75, 3.05) is 26.2 Å². The quantitative estimate of drug-likeness (QED) is 0.0271. The Morgan fingerprint density at radius 3 is 1.15 bits per heavy atom. The van der Waals surface area contributed by atoms with Gasteiger partial charge >= 0.3 is 0 Å². The van der Waals surface area contributed by atoms with Crippen LogP contribution >= 0.6 is 0 Å². The van der Waals surface area contributed by atoms with Gasteiger partial charge in [0, 0.05) is 39.3 Å². The lowest BCUT2D eigenvalue weighted by molar-refractivity contribution is -0.146. The van der Waals surface area contributed by atoms with Crippen molar-refractivity contribution in [3.63, 3.8) is 0 Å². The summed E-state index contributed by atoms with van der Waals surface area (Å²) in [5, 5.41) is 55.8. The predicted octanol–water partition coefficient (Wildman–Crippen LogP) is -5.00. The van der Waals surface area contributed by atoms with E-state index in [0.29, 0.717) is 19.3 Å². The second-order valence-electron chi connectivity index (χ2n) is 40.7. The van der Waals surface area contributed by atoms with E-state index in [4.69, 9.17) is 17.2 Å². The van der Waals surface area contributed by atoms with Crippen LogP contribution in [0.1, 0.15) is 270 Å². The molecule has 0 spiro atoms. The lowest BCUT2D eigenvalue weighted by Crippen LogP contribution is -2.67. The van der Waals surface area contributed by atoms with Gasteiger partial charge in [0.1, 0.15) is 104 Å². The van der Waals surface area contributed by atoms with E-state index in [1.807, 2.05) is 13.8 Å². The number of nitrogens with zero attached hydrogens (tertiary/aromatic N) is 2. The molecule has 0 aromatic carbocycles. The largest absolute Gasteiger partial charge is 0.394 e. The number of nitrogens with one attached hydrogen (secondary N) is 18. The molecule has 0 aliphatic carbocycles. The first-order chi connectivity index (χ1) is 62.1. The van der Waals surface area contributed by atoms with Crippen LogP contribution in [0, 0.1) is 17.8 Å². The summed E-state index contributed by atoms with van der Waals surface area (Å²) in [6.07, 6.45) is -0.957. The number of carbonyl (C=O) groups is 23. The van der Waals surface area contributed by atoms with Crippen molar-refractivity contribution >= 4 is 136 Å². The summed E-state index contributed by atoms with van der Waals surface area (Å²) in [7, 11) is 0. The molecule has 2 rings (SSSR count). The summed E-state index contributed by atoms with van der Waals surface area (Å²) >= 11 is 0. The number of hydrogen-bond acceptors (Lipinski definition) is 24. The number of aliphatic hydroxyl groups excluding tert-OH is 1. The molecule has 0 aromatic rings. The molecule has 23 amide bonds. The standard InChI is InChI=1S/C89H153N23O24/c1-28-89(27,78(134)99-53(34-37-59(91)116)66(122)98-52(33-36-58(90)115)65(121)96-51(44-113)41-45(2)3)110-77(133)86(21,22)108-71(127)62(47(6)7)101-69(125)56-31-29-39-111(56)80(136)88(25,26)109-76(132)85(19,20)103-61(118)43-93-72(128)81(11,12)106-68(124)55(42-46(4)5)100-75(131)84(17,18)105-67(123)54(35-38-60(92)117)97-63(119)48(8)94-73(129)82(13,14)104-64(120)49(9)95-74(130)83(15,16)107-70(126)57-32-30-40-112(57)79(135)87(23,24)102-50(10)114/h45-49,51-57,62,113H,28-44H2,1-27H3,(H2,90,115)(H2,91,116)(H2,92,117)(H,93,128)(H,94,129)(H,95,130)(H,96,121)(H,97,119)(H,98,122)(H,99,134)(H,100,131)(H,101,125)(H,102,114)(H,103,118)(H,104,120)(H,105,123)(H,106,124)(H,107,126)(H,108,127)(H,109,132)(H,110,133)/t48-,49-,51-,52-,53-,54-,55-,56-,57-,62-,89-/m0/s1. The van der Waals surface area contributed by atoms with Crippen LogP contribution in [0.15, 0.2) is 0 Å². The zero-order valence-corrected chi connectivity index (χ0v) is 84.0. The maximum Gasteiger partial charge on any atom is 0.248 e. The molecule has 0 saturated carbocycles. The van der Waals surface area contributed by atoms with Crippen LogP contribution < -0.4 is 113 Å². The minimum absolute atomic E-state index is 0.0263. The third-order valence-corrected chi connectivity index (χ3v) is 23.0. The Morgan fingerprint density at radius 1 is 0.353 bits per heavy atom. The lowest BCUT2D eigenvalue weighted by Gasteiger charge is -2.37. The molecule has 2 aliphatic heterocycles. The van der Waals surface area contributed by atoms with Crippen LogP contribution in [0.3, 0.4) is 0 Å². The van der Waals surface area contributed by atoms with E-state index in [2.05, 4.69) is 95.7 Å². The van der Waals surface area contributed by atoms with Gasteiger partial charge in [0.2, 0.25) is 136 Å². The van der Waals surface area contributed by atoms with E-state index in [9.17, 15) is 115 Å². The van der Waals surface area contributed by atoms with E-state index < -0.39 is 284 Å². The summed E-state index contributed by atoms with van der Waals surface area (Å²) in [6.45, 7) is 37.5. The molecule has 2 saturated heterocycles. The van der Waals surface area contributed by atoms with Crippen molar-refractivity contribution in [1.82, 2.24) is 106 Å². The molecule has 47 heteroatoms. The van der Waals surface area contributed by atoms with Gasteiger partial charge in [-0.25, -0.2) is 0 Å². The first-order valence-electron chi connectivity index (χ1n) is 45.7. The molecule has 768 valence electrons. The molecule has 0 radical (unpaired) electrons. The molecule has 25 N–H and O–H groups in total. The predicted molar refractivity (Wildman–Crippen MR) is 496 cm³/mol. The first kappa shape index (κ1) is 120. The molecule has 0 bridgehead atoms. The van der Waals surface area contributed by atoms with Crippen molar-refractivity contribution in [2.24, 2.45) is 35.0 Å². The maximum atomic E-state index is 14.5. The number of nitrogens with two attached hydrogens (primary N) is 3. The Kier molecular flexibility index (Phi) is 44.1. The van der Waals surface area contributed by atoms with Crippen molar-refractivity contribution < 1.29 is 115 Å². The van der Waals surface area contributed by atoms with E-state index in [1.54, 1.807) is 27.7 Å². The van der Waals surface area contributed by atoms with E-state index >= 15 is 0 Å². The average Bonchev–Trinajstić information content (AvgIpc) is 1.63. The third kappa shape index (κ3) is 36.8. The van der Waals surface area contributed by atoms with Gasteiger partial charge in [0.05, 0.1) is 19.2 Å². The summed E-state index contributed by atoms with van der Waals surface area (Å²) in [4.78, 5) is 315. The Bertz CT molecular complexity index is 4440. The Hall–Kier alpha value is -12.2. The highest BCUT2D eigenvalue weighted by atomic mass is 16.3. The third-order valence-electron chi connectivity index (χ3n) is 23.0. The van der Waals surface area contributed by atoms with E-state index in [-0.39, 0.29) is 69.9 Å². The zero-order chi connectivity index (χ0) is 105. The highest BCUT2D eigenvalue weighted by Gasteiger charge is 2.50. The second kappa shape index (κ2) is 50.0. The van der Waals surface area contributed by atoms with Gasteiger partial charge in [0.15, 0.2) is 0 Å². The first-order valence-corrected chi connectivity index (χ1v) is 45.7. The molecular formula is C89H153N23O24. The number of aliphatic hydroxyl groups is 1. The van der Waals surface area contributed by atoms with Gasteiger partial charge in [-0.15, -0.1) is 0 Å². The van der Waals surface area contributed by atoms with Gasteiger partial charge in [-0.2, -0.15) is 0 Å². The zero-order valence-electron chi connectivity index (χ0n) is 84.0. The molecule has 0 unspecified atom stereocenters. The average molecular weight is 1930 g/mol. The van der Waals surface area contributed by atoms with Crippen LogP contribution in [0.2, 0.25) is 0 Å². The van der Waals surface area contributed by atoms with Gasteiger partial charge in [0.25, 0.3) is 0 Å². The summed E-state index contributed by atoms with van der Waals surface area (Å²) < 4.78 is 0. The fourth-order valence-corrected chi connectivity index (χ4v) is 14.4. The van der Waals surface area contributed by atoms with Crippen LogP contribution in [0.4, 0.5) is 0 Å². The van der Waals surface area contributed by atoms with Gasteiger partial charge in [-0.05, 0) is 214 Å². The van der Waals surface area contributed by atoms with Crippen molar-refractivity contribution in [3.05, 3.63) is 0 Å². The van der Waals surface area contributed by atoms with Gasteiger partial charge in [-0.1, -0.05) is 48.5 Å². The Labute approximate surface area is 795 Å². The maximum absolute atomic E-state index is 14.5. The number of hydrogen-bond donors (Lipinski definition) is 22. The molecular weight excluding hydrogens is 1780 g/mol. The summed E-state index contributed by atoms with van der Waals surface area (Å²) in [5.74, 6) is -20.2. The fraction of sp³-hybridized carbons (Fsp3) is 0.742. The molecule has 2 heterocycles. The number of likely N-dealkylation sites (tertiary alicyclic amines) is 2. The number of primary amides is 3. The highest BCUT2D eigenvalue weighted by Crippen LogP contribution is 2.27. The monoisotopic (exact) mass is 1930 g/mol. The molecule has 47 nitrogen and oxygen atoms in total. The topological polar surface area (TPSA) is 714 Å². The molecule has 2 aliphatic rings. The number of rotatable bonds is 53. The number of carbonyl (C=O) groups excluding carboxylic acids is 23. The van der Waals surface area contributed by atoms with Crippen molar-refractivity contribution in [3.8, 4) is 0 Å². The van der Waals surface area contributed by atoms with Crippen LogP contribution in [0.25, 0.3) is 0 Å². The molecule has 2 fully saturated rings. The molecule has 136 heavy (non-hydrogen) atoms. The van der Waals surface area contributed by atoms with Gasteiger partial charge in [-0.3, -0.25) is 110 Å². The van der Waals surface area contributed by atoms with Crippen molar-refractivity contribution in [2.45, 2.75) is 381 Å². The van der Waals surface area contributed by atoms with E-state index in [1.165, 1.54) is 155 Å². The molecule has 0 aromatic heterocycles. The minimum atomic E-state index is -1.90. The van der Waals surface area contributed by atoms with E-state index in [0.717, 1.165) is 0 Å². The van der Waals surface area contributed by atoms with Crippen molar-refractivity contribution in [1.29, 1.82) is 0 Å². The SMILES string of the molecule is CC[C@](C)(NC(=O)C(C)(C)NC(=O)[C@@H](NC(=O)[C@@H]1CCCN1C(=O)C(C)(C)NC(=O)C(C)(C)NC(=O)CNC(=O)C(C)(C)NC(=O)[C@H](CC(C)C)NC(=O)C(C)(C)NC(=O)[C@H](CCC(N)=O)NC(=O)[C@H](C)NC(=O)C(C)(C)NC(=O)[C@H](C)NC(=O)C(C)(C)NC(=O)[C@@H]1CCCN1C(=O)C(C)(C)NC(C)=O)C(C)C)C(=O)N[C@@H](CCC(N)=O)C(=O)N[C@@H](CCC(N)=O)C(=O)N[C@H](CO)CC(C)C. The Balaban J connectivity index is 2.16. The van der Waals surface area contributed by atoms with Crippen LogP contribution in [-0.2, 0) is 110 Å². The second-order valence-corrected chi connectivity index (χ2v) is 40.7. The number of amides is 23. The summed E-state index contributed by atoms with van der Waals surface area (Å²) in [6, 6.07) is -12.9. The highest BCUT2D eigenvalue weighted by molar-refractivity contribution is 6.05. The lowest BCUT2D eigenvalue weighted by atomic mass is 9.93. The molecule has 11 atom stereocenters. The smallest absolute Gasteiger partial charge is 0.248 e. The normalized spacial score (nSPS) is 16.6. The van der Waals surface area contributed by atoms with Crippen LogP contribution in [0.5, 0.6) is 0 Å². The minimum Gasteiger partial charge on any atom is -0.394 e. The Morgan fingerprint density at radius 2 is 0.713 bits per heavy atom. The fourth-order valence-electron chi connectivity index (χ4n) is 14.4.